The fraction of sp³-hybridized carbons (Fsp3) is 0.429. The topological polar surface area (TPSA) is 59.2 Å². The van der Waals surface area contributed by atoms with E-state index in [4.69, 9.17) is 5.73 Å². The van der Waals surface area contributed by atoms with Gasteiger partial charge in [-0.15, -0.1) is 0 Å². The fourth-order valence-corrected chi connectivity index (χ4v) is 1.58. The first-order chi connectivity index (χ1) is 9.74. The Morgan fingerprint density at radius 1 is 1.43 bits per heavy atom. The Balaban J connectivity index is 2.94. The van der Waals surface area contributed by atoms with Crippen LogP contribution >= 0.6 is 0 Å². The average molecular weight is 299 g/mol. The number of hydrogen-bond acceptors (Lipinski definition) is 3. The number of rotatable bonds is 3. The van der Waals surface area contributed by atoms with E-state index in [2.05, 4.69) is 16.8 Å². The number of aromatic nitrogens is 1. The molecule has 0 spiro atoms. The molecule has 1 heterocycles. The SMILES string of the molecule is CC(C)N(CC(F)(F)F)C(=O)c1ccc(C#CCN)cn1. The van der Waals surface area contributed by atoms with Crippen molar-refractivity contribution in [3.05, 3.63) is 29.6 Å². The van der Waals surface area contributed by atoms with E-state index in [1.165, 1.54) is 32.2 Å². The number of pyridine rings is 1. The second-order valence-electron chi connectivity index (χ2n) is 4.58. The third-order valence-electron chi connectivity index (χ3n) is 2.55. The van der Waals surface area contributed by atoms with Crippen LogP contribution in [0.2, 0.25) is 0 Å². The molecule has 7 heteroatoms. The highest BCUT2D eigenvalue weighted by Gasteiger charge is 2.34. The third-order valence-corrected chi connectivity index (χ3v) is 2.55. The van der Waals surface area contributed by atoms with Gasteiger partial charge in [0.15, 0.2) is 0 Å². The maximum Gasteiger partial charge on any atom is 0.406 e. The van der Waals surface area contributed by atoms with E-state index < -0.39 is 24.7 Å². The number of carbonyl (C=O) groups is 1. The number of amides is 1. The number of hydrogen-bond donors (Lipinski definition) is 1. The molecule has 2 N–H and O–H groups in total. The van der Waals surface area contributed by atoms with Crippen LogP contribution in [0.15, 0.2) is 18.3 Å². The van der Waals surface area contributed by atoms with Crippen molar-refractivity contribution in [2.45, 2.75) is 26.1 Å². The average Bonchev–Trinajstić information content (AvgIpc) is 2.41. The second kappa shape index (κ2) is 7.09. The van der Waals surface area contributed by atoms with Gasteiger partial charge in [-0.05, 0) is 26.0 Å². The number of halogens is 3. The van der Waals surface area contributed by atoms with Crippen molar-refractivity contribution in [1.82, 2.24) is 9.88 Å². The summed E-state index contributed by atoms with van der Waals surface area (Å²) in [5.41, 5.74) is 5.72. The van der Waals surface area contributed by atoms with Crippen LogP contribution in [0, 0.1) is 11.8 Å². The van der Waals surface area contributed by atoms with Crippen LogP contribution < -0.4 is 5.73 Å². The van der Waals surface area contributed by atoms with Gasteiger partial charge in [0.1, 0.15) is 12.2 Å². The van der Waals surface area contributed by atoms with E-state index >= 15 is 0 Å². The molecule has 1 aromatic heterocycles. The van der Waals surface area contributed by atoms with Gasteiger partial charge < -0.3 is 10.6 Å². The number of carbonyl (C=O) groups excluding carboxylic acids is 1. The molecular formula is C14H16F3N3O. The summed E-state index contributed by atoms with van der Waals surface area (Å²) in [6.45, 7) is 1.92. The molecule has 0 radical (unpaired) electrons. The van der Waals surface area contributed by atoms with Gasteiger partial charge in [-0.1, -0.05) is 11.8 Å². The Labute approximate surface area is 121 Å². The summed E-state index contributed by atoms with van der Waals surface area (Å²) in [5.74, 6) is 4.57. The maximum atomic E-state index is 12.5. The monoisotopic (exact) mass is 299 g/mol. The molecule has 0 saturated carbocycles. The second-order valence-corrected chi connectivity index (χ2v) is 4.58. The third kappa shape index (κ3) is 5.44. The van der Waals surface area contributed by atoms with Gasteiger partial charge in [0, 0.05) is 17.8 Å². The Morgan fingerprint density at radius 3 is 2.52 bits per heavy atom. The molecule has 1 aromatic rings. The molecule has 0 aliphatic heterocycles. The van der Waals surface area contributed by atoms with E-state index in [0.29, 0.717) is 5.56 Å². The van der Waals surface area contributed by atoms with Gasteiger partial charge in [-0.2, -0.15) is 13.2 Å². The van der Waals surface area contributed by atoms with Gasteiger partial charge in [-0.25, -0.2) is 4.98 Å². The highest BCUT2D eigenvalue weighted by molar-refractivity contribution is 5.92. The number of nitrogens with zero attached hydrogens (tertiary/aromatic N) is 2. The molecule has 0 bridgehead atoms. The summed E-state index contributed by atoms with van der Waals surface area (Å²) >= 11 is 0. The van der Waals surface area contributed by atoms with Crippen LogP contribution in [0.3, 0.4) is 0 Å². The van der Waals surface area contributed by atoms with Crippen molar-refractivity contribution < 1.29 is 18.0 Å². The smallest absolute Gasteiger partial charge is 0.326 e. The summed E-state index contributed by atoms with van der Waals surface area (Å²) in [6, 6.07) is 2.29. The molecule has 0 saturated heterocycles. The summed E-state index contributed by atoms with van der Waals surface area (Å²) < 4.78 is 37.5. The minimum absolute atomic E-state index is 0.0498. The van der Waals surface area contributed by atoms with Crippen molar-refractivity contribution in [3.63, 3.8) is 0 Å². The summed E-state index contributed by atoms with van der Waals surface area (Å²) in [4.78, 5) is 16.7. The Kier molecular flexibility index (Phi) is 5.73. The van der Waals surface area contributed by atoms with Crippen LogP contribution in [0.25, 0.3) is 0 Å². The van der Waals surface area contributed by atoms with Gasteiger partial charge in [0.2, 0.25) is 0 Å². The Hall–Kier alpha value is -2.07. The molecule has 0 aromatic carbocycles. The number of alkyl halides is 3. The lowest BCUT2D eigenvalue weighted by Gasteiger charge is -2.27. The molecule has 0 unspecified atom stereocenters. The maximum absolute atomic E-state index is 12.5. The molecule has 1 amide bonds. The zero-order valence-corrected chi connectivity index (χ0v) is 11.7. The van der Waals surface area contributed by atoms with Crippen molar-refractivity contribution in [3.8, 4) is 11.8 Å². The van der Waals surface area contributed by atoms with E-state index in [1.807, 2.05) is 0 Å². The van der Waals surface area contributed by atoms with Crippen LogP contribution in [0.5, 0.6) is 0 Å². The highest BCUT2D eigenvalue weighted by atomic mass is 19.4. The summed E-state index contributed by atoms with van der Waals surface area (Å²) in [5, 5.41) is 0. The predicted octanol–water partition coefficient (Wildman–Crippen LogP) is 1.80. The first-order valence-electron chi connectivity index (χ1n) is 6.27. The first kappa shape index (κ1) is 17.0. The molecule has 0 aliphatic carbocycles. The highest BCUT2D eigenvalue weighted by Crippen LogP contribution is 2.19. The quantitative estimate of drug-likeness (QED) is 0.866. The zero-order valence-electron chi connectivity index (χ0n) is 11.7. The van der Waals surface area contributed by atoms with Crippen LogP contribution in [0.4, 0.5) is 13.2 Å². The standard InChI is InChI=1S/C14H16F3N3O/c1-10(2)20(9-14(15,16)17)13(21)12-6-5-11(8-19-12)4-3-7-18/h5-6,8,10H,7,9,18H2,1-2H3. The zero-order chi connectivity index (χ0) is 16.0. The van der Waals surface area contributed by atoms with Crippen molar-refractivity contribution in [2.75, 3.05) is 13.1 Å². The van der Waals surface area contributed by atoms with Crippen LogP contribution in [-0.4, -0.2) is 41.1 Å². The Morgan fingerprint density at radius 2 is 2.10 bits per heavy atom. The lowest BCUT2D eigenvalue weighted by molar-refractivity contribution is -0.143. The molecular weight excluding hydrogens is 283 g/mol. The molecule has 4 nitrogen and oxygen atoms in total. The van der Waals surface area contributed by atoms with Gasteiger partial charge in [-0.3, -0.25) is 4.79 Å². The van der Waals surface area contributed by atoms with Crippen molar-refractivity contribution >= 4 is 5.91 Å². The van der Waals surface area contributed by atoms with E-state index in [0.717, 1.165) is 4.90 Å². The lowest BCUT2D eigenvalue weighted by Crippen LogP contribution is -2.43. The van der Waals surface area contributed by atoms with Gasteiger partial charge in [0.05, 0.1) is 6.54 Å². The fourth-order valence-electron chi connectivity index (χ4n) is 1.58. The van der Waals surface area contributed by atoms with E-state index in [1.54, 1.807) is 0 Å². The summed E-state index contributed by atoms with van der Waals surface area (Å²) in [6.07, 6.45) is -3.12. The largest absolute Gasteiger partial charge is 0.406 e. The van der Waals surface area contributed by atoms with E-state index in [9.17, 15) is 18.0 Å². The lowest BCUT2D eigenvalue weighted by atomic mass is 10.2. The van der Waals surface area contributed by atoms with Crippen molar-refractivity contribution in [2.24, 2.45) is 5.73 Å². The Bertz CT molecular complexity index is 541. The molecule has 21 heavy (non-hydrogen) atoms. The molecule has 0 aliphatic rings. The minimum atomic E-state index is -4.45. The minimum Gasteiger partial charge on any atom is -0.326 e. The molecule has 1 rings (SSSR count). The van der Waals surface area contributed by atoms with E-state index in [-0.39, 0.29) is 12.2 Å². The number of nitrogens with two attached hydrogens (primary N) is 1. The first-order valence-corrected chi connectivity index (χ1v) is 6.27. The van der Waals surface area contributed by atoms with Crippen LogP contribution in [0.1, 0.15) is 29.9 Å². The van der Waals surface area contributed by atoms with Crippen molar-refractivity contribution in [1.29, 1.82) is 0 Å². The summed E-state index contributed by atoms with van der Waals surface area (Å²) in [7, 11) is 0. The normalized spacial score (nSPS) is 11.0. The van der Waals surface area contributed by atoms with Gasteiger partial charge in [0.25, 0.3) is 5.91 Å². The molecule has 114 valence electrons. The molecule has 0 fully saturated rings. The molecule has 0 atom stereocenters. The van der Waals surface area contributed by atoms with Crippen LogP contribution in [-0.2, 0) is 0 Å². The predicted molar refractivity (Wildman–Crippen MR) is 72.4 cm³/mol. The van der Waals surface area contributed by atoms with Gasteiger partial charge >= 0.3 is 6.18 Å².